The van der Waals surface area contributed by atoms with Crippen molar-refractivity contribution in [2.45, 2.75) is 17.0 Å². The highest BCUT2D eigenvalue weighted by molar-refractivity contribution is 9.10. The van der Waals surface area contributed by atoms with E-state index in [0.717, 1.165) is 15.1 Å². The molecule has 0 atom stereocenters. The number of amidine groups is 1. The van der Waals surface area contributed by atoms with Gasteiger partial charge in [-0.1, -0.05) is 0 Å². The minimum Gasteiger partial charge on any atom is -0.384 e. The Bertz CT molecular complexity index is 600. The van der Waals surface area contributed by atoms with Gasteiger partial charge in [-0.05, 0) is 58.9 Å². The van der Waals surface area contributed by atoms with Crippen molar-refractivity contribution in [2.75, 3.05) is 0 Å². The highest BCUT2D eigenvalue weighted by atomic mass is 79.9. The smallest absolute Gasteiger partial charge is 0.192 e. The van der Waals surface area contributed by atoms with Gasteiger partial charge in [0.2, 0.25) is 0 Å². The van der Waals surface area contributed by atoms with Crippen LogP contribution in [0.25, 0.3) is 0 Å². The molecular weight excluding hydrogens is 312 g/mol. The van der Waals surface area contributed by atoms with Gasteiger partial charge in [-0.15, -0.1) is 0 Å². The second-order valence-electron chi connectivity index (χ2n) is 3.64. The van der Waals surface area contributed by atoms with Crippen molar-refractivity contribution in [3.63, 3.8) is 0 Å². The molecule has 0 saturated heterocycles. The fourth-order valence-electron chi connectivity index (χ4n) is 1.36. The molecule has 0 amide bonds. The van der Waals surface area contributed by atoms with Gasteiger partial charge in [0.1, 0.15) is 5.84 Å². The van der Waals surface area contributed by atoms with E-state index in [1.807, 2.05) is 31.2 Å². The first-order valence-electron chi connectivity index (χ1n) is 5.17. The van der Waals surface area contributed by atoms with Crippen molar-refractivity contribution < 1.29 is 0 Å². The highest BCUT2D eigenvalue weighted by Gasteiger charge is 2.06. The van der Waals surface area contributed by atoms with Crippen molar-refractivity contribution in [3.8, 4) is 0 Å². The molecule has 0 fully saturated rings. The van der Waals surface area contributed by atoms with Crippen LogP contribution in [0.5, 0.6) is 0 Å². The van der Waals surface area contributed by atoms with Crippen LogP contribution in [0.2, 0.25) is 0 Å². The lowest BCUT2D eigenvalue weighted by atomic mass is 10.2. The van der Waals surface area contributed by atoms with E-state index < -0.39 is 0 Å². The summed E-state index contributed by atoms with van der Waals surface area (Å²) in [6.45, 7) is 1.93. The van der Waals surface area contributed by atoms with E-state index in [0.29, 0.717) is 10.7 Å². The van der Waals surface area contributed by atoms with Gasteiger partial charge in [0.25, 0.3) is 0 Å². The monoisotopic (exact) mass is 322 g/mol. The van der Waals surface area contributed by atoms with Crippen LogP contribution < -0.4 is 5.73 Å². The Morgan fingerprint density at radius 1 is 1.39 bits per heavy atom. The van der Waals surface area contributed by atoms with Gasteiger partial charge in [-0.3, -0.25) is 5.41 Å². The summed E-state index contributed by atoms with van der Waals surface area (Å²) in [6, 6.07) is 7.48. The molecule has 4 nitrogen and oxygen atoms in total. The number of aromatic nitrogens is 2. The lowest BCUT2D eigenvalue weighted by Crippen LogP contribution is -2.11. The predicted octanol–water partition coefficient (Wildman–Crippen LogP) is 2.98. The number of nitrogens with one attached hydrogen (secondary N) is 1. The molecule has 0 saturated carbocycles. The maximum absolute atomic E-state index is 7.41. The molecule has 0 aliphatic carbocycles. The van der Waals surface area contributed by atoms with Crippen LogP contribution in [0.3, 0.4) is 0 Å². The number of nitrogens with two attached hydrogens (primary N) is 1. The van der Waals surface area contributed by atoms with Crippen molar-refractivity contribution in [3.05, 3.63) is 46.2 Å². The molecule has 0 unspecified atom stereocenters. The number of hydrogen-bond donors (Lipinski definition) is 2. The molecule has 0 spiro atoms. The summed E-state index contributed by atoms with van der Waals surface area (Å²) < 4.78 is 0.799. The van der Waals surface area contributed by atoms with E-state index in [1.165, 1.54) is 11.8 Å². The molecular formula is C12H11BrN4S. The number of nitrogen functional groups attached to an aromatic ring is 1. The maximum atomic E-state index is 7.41. The van der Waals surface area contributed by atoms with Crippen LogP contribution in [0.15, 0.2) is 45.0 Å². The zero-order chi connectivity index (χ0) is 13.1. The van der Waals surface area contributed by atoms with Gasteiger partial charge in [0.15, 0.2) is 5.16 Å². The van der Waals surface area contributed by atoms with Gasteiger partial charge < -0.3 is 5.73 Å². The molecule has 0 radical (unpaired) electrons. The van der Waals surface area contributed by atoms with Crippen molar-refractivity contribution in [1.82, 2.24) is 9.97 Å². The minimum atomic E-state index is 0.0465. The lowest BCUT2D eigenvalue weighted by Gasteiger charge is -2.05. The molecule has 1 heterocycles. The standard InChI is InChI=1S/C12H11BrN4S/c1-7-4-5-16-12(17-7)18-8-2-3-9(11(14)15)10(13)6-8/h2-6H,1H3,(H3,14,15). The van der Waals surface area contributed by atoms with Gasteiger partial charge in [-0.2, -0.15) is 0 Å². The van der Waals surface area contributed by atoms with E-state index in [2.05, 4.69) is 25.9 Å². The molecule has 1 aromatic heterocycles. The number of benzene rings is 1. The highest BCUT2D eigenvalue weighted by Crippen LogP contribution is 2.28. The first kappa shape index (κ1) is 13.0. The van der Waals surface area contributed by atoms with Crippen LogP contribution in [0.4, 0.5) is 0 Å². The van der Waals surface area contributed by atoms with Crippen LogP contribution >= 0.6 is 27.7 Å². The predicted molar refractivity (Wildman–Crippen MR) is 76.1 cm³/mol. The Kier molecular flexibility index (Phi) is 3.98. The molecule has 6 heteroatoms. The molecule has 92 valence electrons. The zero-order valence-electron chi connectivity index (χ0n) is 9.64. The number of halogens is 1. The fourth-order valence-corrected chi connectivity index (χ4v) is 2.93. The van der Waals surface area contributed by atoms with Crippen LogP contribution in [0, 0.1) is 12.3 Å². The van der Waals surface area contributed by atoms with Gasteiger partial charge in [0.05, 0.1) is 0 Å². The summed E-state index contributed by atoms with van der Waals surface area (Å²) in [7, 11) is 0. The third kappa shape index (κ3) is 3.08. The van der Waals surface area contributed by atoms with Crippen molar-refractivity contribution >= 4 is 33.5 Å². The lowest BCUT2D eigenvalue weighted by molar-refractivity contribution is 0.932. The van der Waals surface area contributed by atoms with E-state index in [9.17, 15) is 0 Å². The summed E-state index contributed by atoms with van der Waals surface area (Å²) in [6.07, 6.45) is 1.74. The zero-order valence-corrected chi connectivity index (χ0v) is 12.0. The van der Waals surface area contributed by atoms with Crippen LogP contribution in [-0.4, -0.2) is 15.8 Å². The molecule has 1 aromatic carbocycles. The molecule has 18 heavy (non-hydrogen) atoms. The second-order valence-corrected chi connectivity index (χ2v) is 5.53. The number of nitrogens with zero attached hydrogens (tertiary/aromatic N) is 2. The van der Waals surface area contributed by atoms with E-state index in [1.54, 1.807) is 6.20 Å². The summed E-state index contributed by atoms with van der Waals surface area (Å²) in [5, 5.41) is 8.12. The van der Waals surface area contributed by atoms with Gasteiger partial charge in [0, 0.05) is 26.8 Å². The average Bonchev–Trinajstić information content (AvgIpc) is 2.28. The summed E-state index contributed by atoms with van der Waals surface area (Å²) in [5.74, 6) is 0.0465. The van der Waals surface area contributed by atoms with E-state index >= 15 is 0 Å². The molecule has 0 aliphatic rings. The first-order chi connectivity index (χ1) is 8.56. The van der Waals surface area contributed by atoms with Gasteiger partial charge in [-0.25, -0.2) is 9.97 Å². The third-order valence-corrected chi connectivity index (χ3v) is 3.74. The summed E-state index contributed by atoms with van der Waals surface area (Å²) in [5.41, 5.74) is 7.08. The van der Waals surface area contributed by atoms with E-state index in [4.69, 9.17) is 11.1 Å². The van der Waals surface area contributed by atoms with Crippen molar-refractivity contribution in [2.24, 2.45) is 5.73 Å². The largest absolute Gasteiger partial charge is 0.384 e. The maximum Gasteiger partial charge on any atom is 0.192 e. The summed E-state index contributed by atoms with van der Waals surface area (Å²) in [4.78, 5) is 9.51. The van der Waals surface area contributed by atoms with Gasteiger partial charge >= 0.3 is 0 Å². The van der Waals surface area contributed by atoms with Crippen LogP contribution in [0.1, 0.15) is 11.3 Å². The van der Waals surface area contributed by atoms with Crippen LogP contribution in [-0.2, 0) is 0 Å². The Balaban J connectivity index is 2.25. The number of aryl methyl sites for hydroxylation is 1. The molecule has 2 aromatic rings. The Morgan fingerprint density at radius 3 is 2.78 bits per heavy atom. The third-order valence-electron chi connectivity index (χ3n) is 2.21. The molecule has 0 bridgehead atoms. The Hall–Kier alpha value is -1.40. The summed E-state index contributed by atoms with van der Waals surface area (Å²) >= 11 is 4.87. The number of rotatable bonds is 3. The fraction of sp³-hybridized carbons (Fsp3) is 0.0833. The molecule has 3 N–H and O–H groups in total. The SMILES string of the molecule is Cc1ccnc(Sc2ccc(C(=N)N)c(Br)c2)n1. The molecule has 2 rings (SSSR count). The second kappa shape index (κ2) is 5.49. The minimum absolute atomic E-state index is 0.0465. The average molecular weight is 323 g/mol. The van der Waals surface area contributed by atoms with Crippen molar-refractivity contribution in [1.29, 1.82) is 5.41 Å². The quantitative estimate of drug-likeness (QED) is 0.517. The van der Waals surface area contributed by atoms with E-state index in [-0.39, 0.29) is 5.84 Å². The number of hydrogen-bond acceptors (Lipinski definition) is 4. The molecule has 0 aliphatic heterocycles. The topological polar surface area (TPSA) is 75.7 Å². The Morgan fingerprint density at radius 2 is 2.17 bits per heavy atom. The first-order valence-corrected chi connectivity index (χ1v) is 6.78. The Labute approximate surface area is 118 Å². The normalized spacial score (nSPS) is 10.3.